The highest BCUT2D eigenvalue weighted by Gasteiger charge is 2.13. The van der Waals surface area contributed by atoms with Crippen molar-refractivity contribution in [1.29, 1.82) is 0 Å². The summed E-state index contributed by atoms with van der Waals surface area (Å²) in [5, 5.41) is 2.91. The lowest BCUT2D eigenvalue weighted by molar-refractivity contribution is -0.115. The molecule has 1 N–H and O–H groups in total. The first-order chi connectivity index (χ1) is 10.6. The normalized spacial score (nSPS) is 12.8. The summed E-state index contributed by atoms with van der Waals surface area (Å²) in [6.07, 6.45) is 0.363. The number of amides is 1. The molecule has 4 nitrogen and oxygen atoms in total. The molecule has 0 spiro atoms. The van der Waals surface area contributed by atoms with Gasteiger partial charge in [-0.25, -0.2) is 0 Å². The summed E-state index contributed by atoms with van der Waals surface area (Å²) in [4.78, 5) is 12.2. The molecule has 2 aromatic carbocycles. The van der Waals surface area contributed by atoms with Gasteiger partial charge in [-0.05, 0) is 37.1 Å². The van der Waals surface area contributed by atoms with Gasteiger partial charge in [-0.15, -0.1) is 0 Å². The molecule has 0 saturated carbocycles. The van der Waals surface area contributed by atoms with Crippen LogP contribution in [0.3, 0.4) is 0 Å². The van der Waals surface area contributed by atoms with E-state index in [0.717, 1.165) is 28.1 Å². The van der Waals surface area contributed by atoms with E-state index >= 15 is 0 Å². The molecule has 0 atom stereocenters. The Kier molecular flexibility index (Phi) is 4.00. The lowest BCUT2D eigenvalue weighted by Crippen LogP contribution is -2.17. The number of benzene rings is 2. The smallest absolute Gasteiger partial charge is 0.228 e. The first-order valence-electron chi connectivity index (χ1n) is 7.37. The van der Waals surface area contributed by atoms with E-state index in [-0.39, 0.29) is 5.91 Å². The van der Waals surface area contributed by atoms with Gasteiger partial charge in [0.25, 0.3) is 0 Å². The summed E-state index contributed by atoms with van der Waals surface area (Å²) in [6, 6.07) is 11.6. The van der Waals surface area contributed by atoms with Crippen molar-refractivity contribution in [1.82, 2.24) is 0 Å². The molecule has 1 aliphatic heterocycles. The van der Waals surface area contributed by atoms with E-state index in [0.29, 0.717) is 25.4 Å². The van der Waals surface area contributed by atoms with Crippen molar-refractivity contribution in [2.45, 2.75) is 20.3 Å². The highest BCUT2D eigenvalue weighted by molar-refractivity contribution is 5.92. The van der Waals surface area contributed by atoms with Gasteiger partial charge in [0, 0.05) is 11.8 Å². The molecule has 0 bridgehead atoms. The summed E-state index contributed by atoms with van der Waals surface area (Å²) in [7, 11) is 0. The Morgan fingerprint density at radius 3 is 2.64 bits per heavy atom. The molecule has 22 heavy (non-hydrogen) atoms. The minimum absolute atomic E-state index is 0.0367. The second-order valence-electron chi connectivity index (χ2n) is 5.51. The number of anilines is 1. The Balaban J connectivity index is 1.70. The Morgan fingerprint density at radius 1 is 1.05 bits per heavy atom. The van der Waals surface area contributed by atoms with Crippen molar-refractivity contribution in [2.24, 2.45) is 0 Å². The number of carbonyl (C=O) groups is 1. The number of fused-ring (bicyclic) bond motifs is 1. The van der Waals surface area contributed by atoms with Gasteiger partial charge in [0.15, 0.2) is 11.5 Å². The molecule has 2 aromatic rings. The van der Waals surface area contributed by atoms with E-state index in [2.05, 4.69) is 17.4 Å². The van der Waals surface area contributed by atoms with Crippen LogP contribution in [0, 0.1) is 13.8 Å². The third kappa shape index (κ3) is 3.22. The third-order valence-electron chi connectivity index (χ3n) is 3.68. The molecule has 114 valence electrons. The second kappa shape index (κ2) is 6.10. The van der Waals surface area contributed by atoms with E-state index in [4.69, 9.17) is 9.47 Å². The lowest BCUT2D eigenvalue weighted by Gasteiger charge is -2.19. The van der Waals surface area contributed by atoms with Gasteiger partial charge >= 0.3 is 0 Å². The SMILES string of the molecule is Cc1ccc(C)c(CC(=O)Nc2ccc3c(c2)OCCO3)c1. The van der Waals surface area contributed by atoms with Crippen molar-refractivity contribution in [3.05, 3.63) is 53.1 Å². The van der Waals surface area contributed by atoms with Gasteiger partial charge in [-0.2, -0.15) is 0 Å². The maximum Gasteiger partial charge on any atom is 0.228 e. The van der Waals surface area contributed by atoms with Gasteiger partial charge in [0.2, 0.25) is 5.91 Å². The van der Waals surface area contributed by atoms with Crippen molar-refractivity contribution < 1.29 is 14.3 Å². The fourth-order valence-electron chi connectivity index (χ4n) is 2.49. The van der Waals surface area contributed by atoms with E-state index < -0.39 is 0 Å². The van der Waals surface area contributed by atoms with Crippen molar-refractivity contribution in [3.63, 3.8) is 0 Å². The number of nitrogens with one attached hydrogen (secondary N) is 1. The fraction of sp³-hybridized carbons (Fsp3) is 0.278. The van der Waals surface area contributed by atoms with E-state index in [9.17, 15) is 4.79 Å². The number of hydrogen-bond acceptors (Lipinski definition) is 3. The maximum absolute atomic E-state index is 12.2. The summed E-state index contributed by atoms with van der Waals surface area (Å²) < 4.78 is 11.0. The van der Waals surface area contributed by atoms with Crippen molar-refractivity contribution in [2.75, 3.05) is 18.5 Å². The summed E-state index contributed by atoms with van der Waals surface area (Å²) in [5.41, 5.74) is 4.06. The minimum Gasteiger partial charge on any atom is -0.486 e. The standard InChI is InChI=1S/C18H19NO3/c1-12-3-4-13(2)14(9-12)10-18(20)19-15-5-6-16-17(11-15)22-8-7-21-16/h3-6,9,11H,7-8,10H2,1-2H3,(H,19,20). The predicted molar refractivity (Wildman–Crippen MR) is 85.7 cm³/mol. The Labute approximate surface area is 130 Å². The molecule has 0 radical (unpaired) electrons. The average molecular weight is 297 g/mol. The zero-order chi connectivity index (χ0) is 15.5. The molecule has 4 heteroatoms. The Morgan fingerprint density at radius 2 is 1.82 bits per heavy atom. The van der Waals surface area contributed by atoms with E-state index in [1.165, 1.54) is 0 Å². The molecule has 1 amide bonds. The van der Waals surface area contributed by atoms with Crippen LogP contribution in [0.2, 0.25) is 0 Å². The van der Waals surface area contributed by atoms with E-state index in [1.807, 2.05) is 32.0 Å². The Hall–Kier alpha value is -2.49. The molecule has 0 unspecified atom stereocenters. The van der Waals surface area contributed by atoms with Crippen molar-refractivity contribution in [3.8, 4) is 11.5 Å². The van der Waals surface area contributed by atoms with Crippen LogP contribution in [0.15, 0.2) is 36.4 Å². The van der Waals surface area contributed by atoms with Gasteiger partial charge in [-0.1, -0.05) is 23.8 Å². The zero-order valence-corrected chi connectivity index (χ0v) is 12.8. The molecular formula is C18H19NO3. The number of ether oxygens (including phenoxy) is 2. The minimum atomic E-state index is -0.0367. The van der Waals surface area contributed by atoms with Gasteiger partial charge < -0.3 is 14.8 Å². The largest absolute Gasteiger partial charge is 0.486 e. The van der Waals surface area contributed by atoms with Gasteiger partial charge in [0.05, 0.1) is 6.42 Å². The highest BCUT2D eigenvalue weighted by atomic mass is 16.6. The van der Waals surface area contributed by atoms with Crippen LogP contribution < -0.4 is 14.8 Å². The first kappa shape index (κ1) is 14.4. The lowest BCUT2D eigenvalue weighted by atomic mass is 10.0. The van der Waals surface area contributed by atoms with Crippen molar-refractivity contribution >= 4 is 11.6 Å². The molecular weight excluding hydrogens is 278 g/mol. The van der Waals surface area contributed by atoms with Crippen LogP contribution in [0.25, 0.3) is 0 Å². The monoisotopic (exact) mass is 297 g/mol. The third-order valence-corrected chi connectivity index (χ3v) is 3.68. The molecule has 1 aliphatic rings. The van der Waals surface area contributed by atoms with Crippen LogP contribution in [-0.2, 0) is 11.2 Å². The van der Waals surface area contributed by atoms with Crippen LogP contribution >= 0.6 is 0 Å². The summed E-state index contributed by atoms with van der Waals surface area (Å²) in [6.45, 7) is 5.14. The number of aryl methyl sites for hydroxylation is 2. The summed E-state index contributed by atoms with van der Waals surface area (Å²) in [5.74, 6) is 1.36. The highest BCUT2D eigenvalue weighted by Crippen LogP contribution is 2.32. The first-order valence-corrected chi connectivity index (χ1v) is 7.37. The molecule has 0 aromatic heterocycles. The topological polar surface area (TPSA) is 47.6 Å². The molecule has 0 fully saturated rings. The molecule has 0 saturated heterocycles. The quantitative estimate of drug-likeness (QED) is 0.946. The van der Waals surface area contributed by atoms with Gasteiger partial charge in [-0.3, -0.25) is 4.79 Å². The number of rotatable bonds is 3. The van der Waals surface area contributed by atoms with Crippen LogP contribution in [0.5, 0.6) is 11.5 Å². The molecule has 0 aliphatic carbocycles. The average Bonchev–Trinajstić information content (AvgIpc) is 2.51. The second-order valence-corrected chi connectivity index (χ2v) is 5.51. The van der Waals surface area contributed by atoms with Crippen LogP contribution in [-0.4, -0.2) is 19.1 Å². The zero-order valence-electron chi connectivity index (χ0n) is 12.8. The van der Waals surface area contributed by atoms with Crippen LogP contribution in [0.4, 0.5) is 5.69 Å². The van der Waals surface area contributed by atoms with Crippen LogP contribution in [0.1, 0.15) is 16.7 Å². The number of carbonyl (C=O) groups excluding carboxylic acids is 1. The predicted octanol–water partition coefficient (Wildman–Crippen LogP) is 3.26. The fourth-order valence-corrected chi connectivity index (χ4v) is 2.49. The maximum atomic E-state index is 12.2. The number of hydrogen-bond donors (Lipinski definition) is 1. The molecule has 1 heterocycles. The Bertz CT molecular complexity index is 709. The van der Waals surface area contributed by atoms with E-state index in [1.54, 1.807) is 6.07 Å². The molecule has 3 rings (SSSR count). The summed E-state index contributed by atoms with van der Waals surface area (Å²) >= 11 is 0. The van der Waals surface area contributed by atoms with Gasteiger partial charge in [0.1, 0.15) is 13.2 Å².